The van der Waals surface area contributed by atoms with Crippen molar-refractivity contribution in [2.24, 2.45) is 5.92 Å². The Balaban J connectivity index is 1.93. The minimum Gasteiger partial charge on any atom is -0.356 e. The molecule has 19 heavy (non-hydrogen) atoms. The van der Waals surface area contributed by atoms with Crippen LogP contribution in [0.4, 0.5) is 5.82 Å². The molecule has 100 valence electrons. The number of aromatic nitrogens is 2. The Hall–Kier alpha value is -2.16. The number of carbonyl (C=O) groups excluding carboxylic acids is 1. The molecule has 1 amide bonds. The van der Waals surface area contributed by atoms with Gasteiger partial charge in [-0.25, -0.2) is 9.97 Å². The highest BCUT2D eigenvalue weighted by Gasteiger charge is 2.22. The quantitative estimate of drug-likeness (QED) is 0.864. The molecule has 0 unspecified atom stereocenters. The van der Waals surface area contributed by atoms with Crippen LogP contribution in [0.5, 0.6) is 0 Å². The second kappa shape index (κ2) is 6.14. The maximum Gasteiger partial charge on any atom is 0.216 e. The van der Waals surface area contributed by atoms with Gasteiger partial charge in [0.2, 0.25) is 5.91 Å². The van der Waals surface area contributed by atoms with Gasteiger partial charge < -0.3 is 10.2 Å². The lowest BCUT2D eigenvalue weighted by molar-refractivity contribution is -0.119. The maximum absolute atomic E-state index is 10.9. The largest absolute Gasteiger partial charge is 0.356 e. The van der Waals surface area contributed by atoms with E-state index in [4.69, 9.17) is 5.26 Å². The molecular formula is C13H17N5O. The summed E-state index contributed by atoms with van der Waals surface area (Å²) in [5, 5.41) is 11.9. The standard InChI is InChI=1S/C13H17N5O/c1-10(19)17-9-11-2-6-18(7-3-11)13-12(8-14)15-4-5-16-13/h4-5,11H,2-3,6-7,9H2,1H3,(H,17,19). The summed E-state index contributed by atoms with van der Waals surface area (Å²) in [6.07, 6.45) is 5.12. The first-order valence-corrected chi connectivity index (χ1v) is 6.41. The highest BCUT2D eigenvalue weighted by molar-refractivity contribution is 5.72. The molecule has 0 spiro atoms. The van der Waals surface area contributed by atoms with Crippen LogP contribution in [0.1, 0.15) is 25.5 Å². The molecule has 2 heterocycles. The Kier molecular flexibility index (Phi) is 4.29. The second-order valence-electron chi connectivity index (χ2n) is 4.71. The first-order valence-electron chi connectivity index (χ1n) is 6.41. The van der Waals surface area contributed by atoms with Crippen molar-refractivity contribution in [2.75, 3.05) is 24.5 Å². The van der Waals surface area contributed by atoms with Gasteiger partial charge >= 0.3 is 0 Å². The molecule has 6 heteroatoms. The fourth-order valence-corrected chi connectivity index (χ4v) is 2.28. The molecule has 6 nitrogen and oxygen atoms in total. The minimum absolute atomic E-state index is 0.0168. The van der Waals surface area contributed by atoms with E-state index in [-0.39, 0.29) is 5.91 Å². The zero-order valence-electron chi connectivity index (χ0n) is 11.0. The van der Waals surface area contributed by atoms with Gasteiger partial charge in [-0.3, -0.25) is 4.79 Å². The van der Waals surface area contributed by atoms with Crippen LogP contribution in [0.2, 0.25) is 0 Å². The lowest BCUT2D eigenvalue weighted by atomic mass is 9.96. The molecule has 0 aliphatic carbocycles. The Bertz CT molecular complexity index is 488. The predicted molar refractivity (Wildman–Crippen MR) is 70.4 cm³/mol. The minimum atomic E-state index is 0.0168. The molecule has 2 rings (SSSR count). The van der Waals surface area contributed by atoms with Crippen molar-refractivity contribution in [3.8, 4) is 6.07 Å². The molecule has 1 aliphatic heterocycles. The number of amides is 1. The highest BCUT2D eigenvalue weighted by Crippen LogP contribution is 2.22. The summed E-state index contributed by atoms with van der Waals surface area (Å²) in [4.78, 5) is 21.2. The maximum atomic E-state index is 10.9. The number of piperidine rings is 1. The number of carbonyl (C=O) groups is 1. The van der Waals surface area contributed by atoms with Crippen LogP contribution in [0, 0.1) is 17.2 Å². The predicted octanol–water partition coefficient (Wildman–Crippen LogP) is 0.701. The van der Waals surface area contributed by atoms with Gasteiger partial charge in [0.1, 0.15) is 6.07 Å². The molecule has 0 atom stereocenters. The van der Waals surface area contributed by atoms with Crippen LogP contribution in [0.15, 0.2) is 12.4 Å². The topological polar surface area (TPSA) is 81.9 Å². The van der Waals surface area contributed by atoms with Gasteiger partial charge in [0.05, 0.1) is 0 Å². The van der Waals surface area contributed by atoms with Gasteiger partial charge in [0.25, 0.3) is 0 Å². The van der Waals surface area contributed by atoms with Gasteiger partial charge in [0.15, 0.2) is 11.5 Å². The zero-order valence-corrected chi connectivity index (χ0v) is 11.0. The fraction of sp³-hybridized carbons (Fsp3) is 0.538. The first-order chi connectivity index (χ1) is 9.20. The van der Waals surface area contributed by atoms with E-state index >= 15 is 0 Å². The molecular weight excluding hydrogens is 242 g/mol. The van der Waals surface area contributed by atoms with Crippen LogP contribution < -0.4 is 10.2 Å². The molecule has 1 aliphatic rings. The Labute approximate surface area is 112 Å². The molecule has 1 aromatic rings. The van der Waals surface area contributed by atoms with Crippen molar-refractivity contribution < 1.29 is 4.79 Å². The summed E-state index contributed by atoms with van der Waals surface area (Å²) >= 11 is 0. The molecule has 0 saturated carbocycles. The molecule has 0 aromatic carbocycles. The number of nitriles is 1. The lowest BCUT2D eigenvalue weighted by Crippen LogP contribution is -2.39. The normalized spacial score (nSPS) is 15.9. The molecule has 1 fully saturated rings. The number of rotatable bonds is 3. The third kappa shape index (κ3) is 3.41. The van der Waals surface area contributed by atoms with E-state index in [9.17, 15) is 4.79 Å². The van der Waals surface area contributed by atoms with Gasteiger partial charge in [-0.2, -0.15) is 5.26 Å². The summed E-state index contributed by atoms with van der Waals surface area (Å²) in [7, 11) is 0. The number of nitrogens with zero attached hydrogens (tertiary/aromatic N) is 4. The summed E-state index contributed by atoms with van der Waals surface area (Å²) in [5.74, 6) is 1.19. The summed E-state index contributed by atoms with van der Waals surface area (Å²) in [6.45, 7) is 3.96. The number of nitrogens with one attached hydrogen (secondary N) is 1. The lowest BCUT2D eigenvalue weighted by Gasteiger charge is -2.32. The van der Waals surface area contributed by atoms with Crippen molar-refractivity contribution in [2.45, 2.75) is 19.8 Å². The van der Waals surface area contributed by atoms with Gasteiger partial charge in [-0.1, -0.05) is 0 Å². The average molecular weight is 259 g/mol. The molecule has 0 bridgehead atoms. The third-order valence-electron chi connectivity index (χ3n) is 3.34. The number of hydrogen-bond donors (Lipinski definition) is 1. The third-order valence-corrected chi connectivity index (χ3v) is 3.34. The molecule has 0 radical (unpaired) electrons. The Morgan fingerprint density at radius 1 is 1.47 bits per heavy atom. The van der Waals surface area contributed by atoms with Gasteiger partial charge in [-0.05, 0) is 18.8 Å². The van der Waals surface area contributed by atoms with Crippen molar-refractivity contribution in [3.63, 3.8) is 0 Å². The molecule has 1 N–H and O–H groups in total. The van der Waals surface area contributed by atoms with E-state index in [1.807, 2.05) is 0 Å². The first kappa shape index (κ1) is 13.3. The van der Waals surface area contributed by atoms with Crippen molar-refractivity contribution in [1.29, 1.82) is 5.26 Å². The van der Waals surface area contributed by atoms with E-state index in [2.05, 4.69) is 26.3 Å². The van der Waals surface area contributed by atoms with Crippen LogP contribution in [-0.2, 0) is 4.79 Å². The number of anilines is 1. The summed E-state index contributed by atoms with van der Waals surface area (Å²) in [6, 6.07) is 2.07. The monoisotopic (exact) mass is 259 g/mol. The zero-order chi connectivity index (χ0) is 13.7. The average Bonchev–Trinajstić information content (AvgIpc) is 2.45. The molecule has 1 aromatic heterocycles. The van der Waals surface area contributed by atoms with E-state index < -0.39 is 0 Å². The van der Waals surface area contributed by atoms with Gasteiger partial charge in [-0.15, -0.1) is 0 Å². The van der Waals surface area contributed by atoms with Crippen molar-refractivity contribution in [3.05, 3.63) is 18.1 Å². The Morgan fingerprint density at radius 3 is 2.79 bits per heavy atom. The SMILES string of the molecule is CC(=O)NCC1CCN(c2nccnc2C#N)CC1. The van der Waals surface area contributed by atoms with Crippen molar-refractivity contribution in [1.82, 2.24) is 15.3 Å². The highest BCUT2D eigenvalue weighted by atomic mass is 16.1. The smallest absolute Gasteiger partial charge is 0.216 e. The van der Waals surface area contributed by atoms with Crippen molar-refractivity contribution >= 4 is 11.7 Å². The van der Waals surface area contributed by atoms with Crippen LogP contribution in [-0.4, -0.2) is 35.5 Å². The van der Waals surface area contributed by atoms with E-state index in [1.165, 1.54) is 13.1 Å². The summed E-state index contributed by atoms with van der Waals surface area (Å²) in [5.41, 5.74) is 0.378. The van der Waals surface area contributed by atoms with E-state index in [0.717, 1.165) is 32.5 Å². The Morgan fingerprint density at radius 2 is 2.16 bits per heavy atom. The summed E-state index contributed by atoms with van der Waals surface area (Å²) < 4.78 is 0. The van der Waals surface area contributed by atoms with Crippen LogP contribution in [0.25, 0.3) is 0 Å². The molecule has 1 saturated heterocycles. The van der Waals surface area contributed by atoms with Crippen LogP contribution in [0.3, 0.4) is 0 Å². The van der Waals surface area contributed by atoms with Gasteiger partial charge in [0, 0.05) is 39.0 Å². The number of hydrogen-bond acceptors (Lipinski definition) is 5. The van der Waals surface area contributed by atoms with E-state index in [0.29, 0.717) is 17.4 Å². The second-order valence-corrected chi connectivity index (χ2v) is 4.71. The fourth-order valence-electron chi connectivity index (χ4n) is 2.28. The van der Waals surface area contributed by atoms with Crippen LogP contribution >= 0.6 is 0 Å². The van der Waals surface area contributed by atoms with E-state index in [1.54, 1.807) is 6.20 Å².